The van der Waals surface area contributed by atoms with Gasteiger partial charge in [0, 0.05) is 6.04 Å². The minimum atomic E-state index is 0.0467. The van der Waals surface area contributed by atoms with E-state index in [-0.39, 0.29) is 18.4 Å². The summed E-state index contributed by atoms with van der Waals surface area (Å²) in [6.45, 7) is 2.16. The lowest BCUT2D eigenvalue weighted by molar-refractivity contribution is -0.121. The van der Waals surface area contributed by atoms with Crippen molar-refractivity contribution in [3.63, 3.8) is 0 Å². The quantitative estimate of drug-likeness (QED) is 0.920. The summed E-state index contributed by atoms with van der Waals surface area (Å²) in [6.07, 6.45) is 7.37. The number of hydrogen-bond donors (Lipinski definition) is 1. The maximum absolute atomic E-state index is 12.3. The van der Waals surface area contributed by atoms with E-state index in [1.807, 2.05) is 30.3 Å². The Morgan fingerprint density at radius 2 is 2.12 bits per heavy atom. The molecule has 2 saturated carbocycles. The Bertz CT molecular complexity index is 711. The maximum Gasteiger partial charge on any atom is 0.226 e. The Morgan fingerprint density at radius 3 is 2.83 bits per heavy atom. The molecule has 0 saturated heterocycles. The van der Waals surface area contributed by atoms with Gasteiger partial charge in [-0.3, -0.25) is 4.79 Å². The van der Waals surface area contributed by atoms with Crippen LogP contribution in [0.1, 0.15) is 38.3 Å². The summed E-state index contributed by atoms with van der Waals surface area (Å²) >= 11 is 0. The van der Waals surface area contributed by atoms with E-state index in [2.05, 4.69) is 22.4 Å². The van der Waals surface area contributed by atoms with Crippen LogP contribution < -0.4 is 5.32 Å². The van der Waals surface area contributed by atoms with Crippen molar-refractivity contribution in [3.05, 3.63) is 42.2 Å². The Labute approximate surface area is 142 Å². The molecule has 5 nitrogen and oxygen atoms in total. The molecule has 0 spiro atoms. The first-order valence-corrected chi connectivity index (χ1v) is 8.95. The highest BCUT2D eigenvalue weighted by atomic mass is 16.1. The first-order chi connectivity index (χ1) is 11.7. The summed E-state index contributed by atoms with van der Waals surface area (Å²) in [6, 6.07) is 10.0. The van der Waals surface area contributed by atoms with Crippen LogP contribution in [-0.4, -0.2) is 26.9 Å². The van der Waals surface area contributed by atoms with Gasteiger partial charge in [-0.1, -0.05) is 24.6 Å². The van der Waals surface area contributed by atoms with E-state index in [1.165, 1.54) is 25.7 Å². The first kappa shape index (κ1) is 15.4. The first-order valence-electron chi connectivity index (χ1n) is 8.95. The highest BCUT2D eigenvalue weighted by molar-refractivity contribution is 5.78. The zero-order valence-electron chi connectivity index (χ0n) is 14.1. The predicted octanol–water partition coefficient (Wildman–Crippen LogP) is 2.75. The fourth-order valence-electron chi connectivity index (χ4n) is 4.54. The molecule has 1 N–H and O–H groups in total. The second-order valence-electron chi connectivity index (χ2n) is 7.33. The van der Waals surface area contributed by atoms with E-state index < -0.39 is 0 Å². The van der Waals surface area contributed by atoms with Gasteiger partial charge < -0.3 is 5.32 Å². The number of nitrogens with one attached hydrogen (secondary N) is 1. The molecule has 0 aliphatic heterocycles. The number of carbonyl (C=O) groups is 1. The van der Waals surface area contributed by atoms with E-state index in [9.17, 15) is 4.79 Å². The van der Waals surface area contributed by atoms with Gasteiger partial charge in [-0.25, -0.2) is 0 Å². The van der Waals surface area contributed by atoms with E-state index in [4.69, 9.17) is 0 Å². The number of amides is 1. The van der Waals surface area contributed by atoms with Crippen molar-refractivity contribution in [1.29, 1.82) is 0 Å². The highest BCUT2D eigenvalue weighted by Crippen LogP contribution is 2.49. The third-order valence-electron chi connectivity index (χ3n) is 5.69. The summed E-state index contributed by atoms with van der Waals surface area (Å²) in [5.41, 5.74) is 1.61. The summed E-state index contributed by atoms with van der Waals surface area (Å²) < 4.78 is 0. The van der Waals surface area contributed by atoms with Gasteiger partial charge in [-0.2, -0.15) is 15.0 Å². The second kappa shape index (κ2) is 6.38. The molecule has 5 heteroatoms. The molecule has 1 heterocycles. The van der Waals surface area contributed by atoms with Crippen molar-refractivity contribution in [3.8, 4) is 5.69 Å². The van der Waals surface area contributed by atoms with Gasteiger partial charge in [0.15, 0.2) is 0 Å². The topological polar surface area (TPSA) is 59.8 Å². The van der Waals surface area contributed by atoms with Gasteiger partial charge in [-0.15, -0.1) is 0 Å². The minimum Gasteiger partial charge on any atom is -0.353 e. The largest absolute Gasteiger partial charge is 0.353 e. The van der Waals surface area contributed by atoms with Crippen LogP contribution in [0.2, 0.25) is 0 Å². The van der Waals surface area contributed by atoms with E-state index in [1.54, 1.807) is 11.0 Å². The van der Waals surface area contributed by atoms with Crippen molar-refractivity contribution in [1.82, 2.24) is 20.3 Å². The van der Waals surface area contributed by atoms with Crippen LogP contribution in [0, 0.1) is 17.8 Å². The molecule has 0 radical (unpaired) electrons. The van der Waals surface area contributed by atoms with Crippen LogP contribution in [0.4, 0.5) is 0 Å². The Hall–Kier alpha value is -2.17. The van der Waals surface area contributed by atoms with Crippen LogP contribution >= 0.6 is 0 Å². The van der Waals surface area contributed by atoms with E-state index >= 15 is 0 Å². The zero-order chi connectivity index (χ0) is 16.5. The number of para-hydroxylation sites is 1. The van der Waals surface area contributed by atoms with Gasteiger partial charge in [0.2, 0.25) is 5.91 Å². The van der Waals surface area contributed by atoms with Gasteiger partial charge in [0.1, 0.15) is 0 Å². The van der Waals surface area contributed by atoms with Crippen molar-refractivity contribution < 1.29 is 4.79 Å². The number of nitrogens with zero attached hydrogens (tertiary/aromatic N) is 3. The summed E-state index contributed by atoms with van der Waals surface area (Å²) in [4.78, 5) is 13.9. The zero-order valence-corrected chi connectivity index (χ0v) is 14.1. The SMILES string of the molecule is CC(NC(=O)Cc1cnn(-c2ccccc2)n1)C1CC2CCC1C2. The minimum absolute atomic E-state index is 0.0467. The molecular weight excluding hydrogens is 300 g/mol. The number of carbonyl (C=O) groups excluding carboxylic acids is 1. The molecule has 4 atom stereocenters. The third kappa shape index (κ3) is 3.07. The molecule has 4 unspecified atom stereocenters. The molecular formula is C19H24N4O. The average Bonchev–Trinajstić information content (AvgIpc) is 3.32. The molecule has 1 aromatic heterocycles. The smallest absolute Gasteiger partial charge is 0.226 e. The van der Waals surface area contributed by atoms with Crippen molar-refractivity contribution in [2.45, 2.75) is 45.1 Å². The van der Waals surface area contributed by atoms with Crippen LogP contribution in [0.25, 0.3) is 5.69 Å². The second-order valence-corrected chi connectivity index (χ2v) is 7.33. The normalized spacial score (nSPS) is 26.5. The van der Waals surface area contributed by atoms with Gasteiger partial charge in [0.05, 0.1) is 24.0 Å². The third-order valence-corrected chi connectivity index (χ3v) is 5.69. The van der Waals surface area contributed by atoms with Crippen LogP contribution in [0.3, 0.4) is 0 Å². The average molecular weight is 324 g/mol. The highest BCUT2D eigenvalue weighted by Gasteiger charge is 2.42. The molecule has 2 bridgehead atoms. The molecule has 1 aromatic carbocycles. The predicted molar refractivity (Wildman–Crippen MR) is 91.6 cm³/mol. The Morgan fingerprint density at radius 1 is 1.29 bits per heavy atom. The molecule has 24 heavy (non-hydrogen) atoms. The fraction of sp³-hybridized carbons (Fsp3) is 0.526. The maximum atomic E-state index is 12.3. The van der Waals surface area contributed by atoms with Crippen molar-refractivity contribution >= 4 is 5.91 Å². The molecule has 2 aromatic rings. The van der Waals surface area contributed by atoms with Crippen molar-refractivity contribution in [2.24, 2.45) is 17.8 Å². The lowest BCUT2D eigenvalue weighted by Gasteiger charge is -2.28. The van der Waals surface area contributed by atoms with Crippen LogP contribution in [0.15, 0.2) is 36.5 Å². The molecule has 126 valence electrons. The monoisotopic (exact) mass is 324 g/mol. The molecule has 2 aliphatic carbocycles. The van der Waals surface area contributed by atoms with Crippen molar-refractivity contribution in [2.75, 3.05) is 0 Å². The summed E-state index contributed by atoms with van der Waals surface area (Å²) in [7, 11) is 0. The van der Waals surface area contributed by atoms with Gasteiger partial charge in [0.25, 0.3) is 0 Å². The molecule has 4 rings (SSSR count). The number of fused-ring (bicyclic) bond motifs is 2. The van der Waals surface area contributed by atoms with Crippen LogP contribution in [-0.2, 0) is 11.2 Å². The van der Waals surface area contributed by atoms with Crippen LogP contribution in [0.5, 0.6) is 0 Å². The summed E-state index contributed by atoms with van der Waals surface area (Å²) in [5, 5.41) is 11.8. The molecule has 2 aliphatic rings. The summed E-state index contributed by atoms with van der Waals surface area (Å²) in [5.74, 6) is 2.44. The standard InChI is InChI=1S/C19H24N4O/c1-13(18-10-14-7-8-15(18)9-14)21-19(24)11-16-12-20-23(22-16)17-5-3-2-4-6-17/h2-6,12-15,18H,7-11H2,1H3,(H,21,24). The number of rotatable bonds is 5. The lowest BCUT2D eigenvalue weighted by atomic mass is 9.84. The van der Waals surface area contributed by atoms with Gasteiger partial charge in [-0.05, 0) is 56.1 Å². The van der Waals surface area contributed by atoms with E-state index in [0.29, 0.717) is 11.6 Å². The fourth-order valence-corrected chi connectivity index (χ4v) is 4.54. The molecule has 2 fully saturated rings. The Balaban J connectivity index is 1.34. The van der Waals surface area contributed by atoms with Gasteiger partial charge >= 0.3 is 0 Å². The number of aromatic nitrogens is 3. The number of benzene rings is 1. The molecule has 1 amide bonds. The Kier molecular flexibility index (Phi) is 4.08. The number of hydrogen-bond acceptors (Lipinski definition) is 3. The lowest BCUT2D eigenvalue weighted by Crippen LogP contribution is -2.40. The van der Waals surface area contributed by atoms with E-state index in [0.717, 1.165) is 17.5 Å².